The molecular formula is C14H30N4O. The van der Waals surface area contributed by atoms with Crippen LogP contribution in [-0.2, 0) is 4.74 Å². The molecule has 0 bridgehead atoms. The van der Waals surface area contributed by atoms with E-state index in [1.165, 1.54) is 25.9 Å². The maximum Gasteiger partial charge on any atom is 0.0625 e. The molecule has 0 radical (unpaired) electrons. The summed E-state index contributed by atoms with van der Waals surface area (Å²) in [4.78, 5) is 5.12. The standard InChI is InChI=1S/C14H30N4O/c15-4-2-7-18-9-10-19-12-14(18)13-3-1-6-17(11-13)8-5-16/h13-14H,1-12,15-16H2. The third kappa shape index (κ3) is 4.39. The molecular weight excluding hydrogens is 240 g/mol. The number of rotatable bonds is 6. The second-order valence-corrected chi connectivity index (χ2v) is 5.81. The Morgan fingerprint density at radius 1 is 1.11 bits per heavy atom. The molecule has 2 saturated heterocycles. The molecule has 0 saturated carbocycles. The molecule has 0 aromatic carbocycles. The predicted molar refractivity (Wildman–Crippen MR) is 78.1 cm³/mol. The van der Waals surface area contributed by atoms with Crippen LogP contribution in [0.15, 0.2) is 0 Å². The minimum Gasteiger partial charge on any atom is -0.378 e. The molecule has 0 aliphatic carbocycles. The summed E-state index contributed by atoms with van der Waals surface area (Å²) in [7, 11) is 0. The fraction of sp³-hybridized carbons (Fsp3) is 1.00. The van der Waals surface area contributed by atoms with Gasteiger partial charge in [0.1, 0.15) is 0 Å². The number of hydrogen-bond donors (Lipinski definition) is 2. The van der Waals surface area contributed by atoms with Crippen LogP contribution in [0, 0.1) is 5.92 Å². The molecule has 2 atom stereocenters. The third-order valence-corrected chi connectivity index (χ3v) is 4.46. The van der Waals surface area contributed by atoms with Crippen LogP contribution < -0.4 is 11.5 Å². The Balaban J connectivity index is 1.88. The van der Waals surface area contributed by atoms with E-state index in [1.54, 1.807) is 0 Å². The summed E-state index contributed by atoms with van der Waals surface area (Å²) in [5.41, 5.74) is 11.3. The quantitative estimate of drug-likeness (QED) is 0.694. The van der Waals surface area contributed by atoms with Crippen LogP contribution >= 0.6 is 0 Å². The Bertz CT molecular complexity index is 250. The number of nitrogens with zero attached hydrogens (tertiary/aromatic N) is 2. The Morgan fingerprint density at radius 2 is 2.00 bits per heavy atom. The van der Waals surface area contributed by atoms with Crippen molar-refractivity contribution in [1.29, 1.82) is 0 Å². The Labute approximate surface area is 117 Å². The number of ether oxygens (including phenoxy) is 1. The van der Waals surface area contributed by atoms with Gasteiger partial charge in [-0.15, -0.1) is 0 Å². The van der Waals surface area contributed by atoms with Gasteiger partial charge in [0, 0.05) is 32.2 Å². The van der Waals surface area contributed by atoms with Crippen molar-refractivity contribution in [3.05, 3.63) is 0 Å². The molecule has 2 aliphatic heterocycles. The monoisotopic (exact) mass is 270 g/mol. The highest BCUT2D eigenvalue weighted by atomic mass is 16.5. The molecule has 2 unspecified atom stereocenters. The van der Waals surface area contributed by atoms with Gasteiger partial charge in [-0.1, -0.05) is 0 Å². The number of nitrogens with two attached hydrogens (primary N) is 2. The van der Waals surface area contributed by atoms with Gasteiger partial charge in [0.15, 0.2) is 0 Å². The van der Waals surface area contributed by atoms with Crippen LogP contribution in [0.1, 0.15) is 19.3 Å². The van der Waals surface area contributed by atoms with E-state index in [2.05, 4.69) is 9.80 Å². The van der Waals surface area contributed by atoms with Gasteiger partial charge < -0.3 is 21.1 Å². The lowest BCUT2D eigenvalue weighted by molar-refractivity contribution is -0.0433. The minimum atomic E-state index is 0.584. The highest BCUT2D eigenvalue weighted by Crippen LogP contribution is 2.25. The van der Waals surface area contributed by atoms with Crippen molar-refractivity contribution in [1.82, 2.24) is 9.80 Å². The number of hydrogen-bond acceptors (Lipinski definition) is 5. The summed E-state index contributed by atoms with van der Waals surface area (Å²) < 4.78 is 5.72. The van der Waals surface area contributed by atoms with Gasteiger partial charge in [-0.05, 0) is 44.8 Å². The van der Waals surface area contributed by atoms with Crippen molar-refractivity contribution in [3.8, 4) is 0 Å². The molecule has 0 amide bonds. The van der Waals surface area contributed by atoms with Gasteiger partial charge in [0.05, 0.1) is 13.2 Å². The Hall–Kier alpha value is -0.200. The van der Waals surface area contributed by atoms with Gasteiger partial charge in [-0.2, -0.15) is 0 Å². The van der Waals surface area contributed by atoms with Crippen molar-refractivity contribution in [2.24, 2.45) is 17.4 Å². The molecule has 2 aliphatic rings. The lowest BCUT2D eigenvalue weighted by Gasteiger charge is -2.44. The summed E-state index contributed by atoms with van der Waals surface area (Å²) in [5.74, 6) is 0.735. The molecule has 19 heavy (non-hydrogen) atoms. The fourth-order valence-electron chi connectivity index (χ4n) is 3.45. The summed E-state index contributed by atoms with van der Waals surface area (Å²) in [6.45, 7) is 8.95. The van der Waals surface area contributed by atoms with Crippen LogP contribution in [0.4, 0.5) is 0 Å². The van der Waals surface area contributed by atoms with Crippen LogP contribution in [0.3, 0.4) is 0 Å². The van der Waals surface area contributed by atoms with E-state index in [1.807, 2.05) is 0 Å². The SMILES string of the molecule is NCCCN1CCOCC1C1CCCN(CCN)C1. The topological polar surface area (TPSA) is 67.8 Å². The first-order valence-electron chi connectivity index (χ1n) is 7.79. The van der Waals surface area contributed by atoms with Crippen LogP contribution in [0.25, 0.3) is 0 Å². The maximum absolute atomic E-state index is 5.72. The smallest absolute Gasteiger partial charge is 0.0625 e. The minimum absolute atomic E-state index is 0.584. The van der Waals surface area contributed by atoms with Crippen molar-refractivity contribution < 1.29 is 4.74 Å². The predicted octanol–water partition coefficient (Wildman–Crippen LogP) is -0.293. The van der Waals surface area contributed by atoms with Gasteiger partial charge in [0.2, 0.25) is 0 Å². The molecule has 2 heterocycles. The van der Waals surface area contributed by atoms with Crippen molar-refractivity contribution in [2.45, 2.75) is 25.3 Å². The van der Waals surface area contributed by atoms with E-state index in [4.69, 9.17) is 16.2 Å². The summed E-state index contributed by atoms with van der Waals surface area (Å²) >= 11 is 0. The van der Waals surface area contributed by atoms with E-state index < -0.39 is 0 Å². The second kappa shape index (κ2) is 8.17. The van der Waals surface area contributed by atoms with Gasteiger partial charge in [-0.3, -0.25) is 4.90 Å². The van der Waals surface area contributed by atoms with Crippen LogP contribution in [-0.4, -0.2) is 74.9 Å². The van der Waals surface area contributed by atoms with E-state index in [-0.39, 0.29) is 0 Å². The van der Waals surface area contributed by atoms with Crippen LogP contribution in [0.2, 0.25) is 0 Å². The number of piperidine rings is 1. The molecule has 5 heteroatoms. The summed E-state index contributed by atoms with van der Waals surface area (Å²) in [6, 6.07) is 0.584. The first-order valence-corrected chi connectivity index (χ1v) is 7.79. The molecule has 2 rings (SSSR count). The van der Waals surface area contributed by atoms with E-state index in [0.717, 1.165) is 58.3 Å². The van der Waals surface area contributed by atoms with Crippen molar-refractivity contribution in [2.75, 3.05) is 59.0 Å². The zero-order valence-corrected chi connectivity index (χ0v) is 12.1. The fourth-order valence-corrected chi connectivity index (χ4v) is 3.45. The first kappa shape index (κ1) is 15.2. The van der Waals surface area contributed by atoms with Gasteiger partial charge in [-0.25, -0.2) is 0 Å². The maximum atomic E-state index is 5.72. The van der Waals surface area contributed by atoms with Gasteiger partial charge in [0.25, 0.3) is 0 Å². The zero-order valence-electron chi connectivity index (χ0n) is 12.1. The lowest BCUT2D eigenvalue weighted by atomic mass is 9.89. The summed E-state index contributed by atoms with van der Waals surface area (Å²) in [5, 5.41) is 0. The number of likely N-dealkylation sites (tertiary alicyclic amines) is 1. The van der Waals surface area contributed by atoms with E-state index >= 15 is 0 Å². The van der Waals surface area contributed by atoms with Gasteiger partial charge >= 0.3 is 0 Å². The molecule has 4 N–H and O–H groups in total. The van der Waals surface area contributed by atoms with E-state index in [0.29, 0.717) is 6.04 Å². The van der Waals surface area contributed by atoms with Crippen molar-refractivity contribution in [3.63, 3.8) is 0 Å². The molecule has 0 spiro atoms. The zero-order chi connectivity index (χ0) is 13.5. The largest absolute Gasteiger partial charge is 0.378 e. The molecule has 2 fully saturated rings. The molecule has 0 aromatic heterocycles. The lowest BCUT2D eigenvalue weighted by Crippen LogP contribution is -2.54. The highest BCUT2D eigenvalue weighted by molar-refractivity contribution is 4.86. The average molecular weight is 270 g/mol. The first-order chi connectivity index (χ1) is 9.35. The normalized spacial score (nSPS) is 30.6. The van der Waals surface area contributed by atoms with Crippen LogP contribution in [0.5, 0.6) is 0 Å². The van der Waals surface area contributed by atoms with Crippen molar-refractivity contribution >= 4 is 0 Å². The molecule has 0 aromatic rings. The Morgan fingerprint density at radius 3 is 2.79 bits per heavy atom. The third-order valence-electron chi connectivity index (χ3n) is 4.46. The highest BCUT2D eigenvalue weighted by Gasteiger charge is 2.32. The number of morpholine rings is 1. The summed E-state index contributed by atoms with van der Waals surface area (Å²) in [6.07, 6.45) is 3.72. The average Bonchev–Trinajstić information content (AvgIpc) is 2.46. The molecule has 5 nitrogen and oxygen atoms in total. The van der Waals surface area contributed by atoms with E-state index in [9.17, 15) is 0 Å². The second-order valence-electron chi connectivity index (χ2n) is 5.81. The Kier molecular flexibility index (Phi) is 6.53. The molecule has 112 valence electrons.